The van der Waals surface area contributed by atoms with E-state index in [1.807, 2.05) is 30.3 Å². The van der Waals surface area contributed by atoms with E-state index in [0.29, 0.717) is 11.4 Å². The van der Waals surface area contributed by atoms with Crippen molar-refractivity contribution in [2.45, 2.75) is 4.90 Å². The molecule has 8 nitrogen and oxygen atoms in total. The molecular formula is C24H20ClN3O5S2. The number of halogens is 1. The van der Waals surface area contributed by atoms with Gasteiger partial charge in [-0.3, -0.25) is 14.2 Å². The molecule has 11 heteroatoms. The lowest BCUT2D eigenvalue weighted by atomic mass is 10.1. The van der Waals surface area contributed by atoms with E-state index in [2.05, 4.69) is 14.8 Å². The molecule has 0 heterocycles. The van der Waals surface area contributed by atoms with E-state index in [0.717, 1.165) is 17.0 Å². The lowest BCUT2D eigenvalue weighted by Crippen LogP contribution is -2.15. The van der Waals surface area contributed by atoms with Crippen LogP contribution in [0.1, 0.15) is 10.4 Å². The molecular weight excluding hydrogens is 510 g/mol. The van der Waals surface area contributed by atoms with E-state index >= 15 is 0 Å². The van der Waals surface area contributed by atoms with Crippen LogP contribution >= 0.6 is 11.6 Å². The summed E-state index contributed by atoms with van der Waals surface area (Å²) in [5.74, 6) is -0.498. The summed E-state index contributed by atoms with van der Waals surface area (Å²) in [5.41, 5.74) is 1.18. The quantitative estimate of drug-likeness (QED) is 0.314. The molecule has 35 heavy (non-hydrogen) atoms. The molecule has 0 radical (unpaired) electrons. The number of carbonyl (C=O) groups is 1. The highest BCUT2D eigenvalue weighted by Crippen LogP contribution is 2.27. The first-order valence-corrected chi connectivity index (χ1v) is 14.0. The van der Waals surface area contributed by atoms with Gasteiger partial charge in [0.15, 0.2) is 0 Å². The largest absolute Gasteiger partial charge is 0.322 e. The number of hydrogen-bond donors (Lipinski definition) is 3. The molecule has 0 aromatic heterocycles. The number of amides is 1. The van der Waals surface area contributed by atoms with E-state index in [1.54, 1.807) is 12.1 Å². The lowest BCUT2D eigenvalue weighted by molar-refractivity contribution is 0.102. The normalized spacial score (nSPS) is 11.7. The van der Waals surface area contributed by atoms with Crippen molar-refractivity contribution in [2.24, 2.45) is 0 Å². The summed E-state index contributed by atoms with van der Waals surface area (Å²) in [6, 6.07) is 22.6. The van der Waals surface area contributed by atoms with E-state index in [1.165, 1.54) is 42.5 Å². The van der Waals surface area contributed by atoms with E-state index in [-0.39, 0.29) is 21.2 Å². The fourth-order valence-electron chi connectivity index (χ4n) is 3.38. The molecule has 0 saturated carbocycles. The van der Waals surface area contributed by atoms with Gasteiger partial charge in [0.1, 0.15) is 0 Å². The fourth-order valence-corrected chi connectivity index (χ4v) is 5.32. The molecule has 0 bridgehead atoms. The van der Waals surface area contributed by atoms with Gasteiger partial charge in [0.25, 0.3) is 15.9 Å². The SMILES string of the molecule is CS(=O)(=O)Nc1ccc(C(=O)Nc2ccc(S(=O)(=O)Nc3cccc4ccccc34)cc2)cc1Cl. The topological polar surface area (TPSA) is 121 Å². The van der Waals surface area contributed by atoms with Crippen LogP contribution in [-0.4, -0.2) is 29.0 Å². The zero-order valence-electron chi connectivity index (χ0n) is 18.3. The summed E-state index contributed by atoms with van der Waals surface area (Å²) in [6.45, 7) is 0. The molecule has 0 spiro atoms. The van der Waals surface area contributed by atoms with Gasteiger partial charge in [0, 0.05) is 16.6 Å². The van der Waals surface area contributed by atoms with Gasteiger partial charge in [0.05, 0.1) is 27.5 Å². The lowest BCUT2D eigenvalue weighted by Gasteiger charge is -2.12. The van der Waals surface area contributed by atoms with Crippen LogP contribution in [0.3, 0.4) is 0 Å². The van der Waals surface area contributed by atoms with Gasteiger partial charge in [-0.2, -0.15) is 0 Å². The second-order valence-corrected chi connectivity index (χ2v) is 11.5. The van der Waals surface area contributed by atoms with Gasteiger partial charge in [-0.05, 0) is 53.9 Å². The van der Waals surface area contributed by atoms with Gasteiger partial charge >= 0.3 is 0 Å². The maximum Gasteiger partial charge on any atom is 0.261 e. The maximum atomic E-state index is 12.9. The first-order chi connectivity index (χ1) is 16.5. The average Bonchev–Trinajstić information content (AvgIpc) is 2.80. The molecule has 1 amide bonds. The molecule has 0 unspecified atom stereocenters. The minimum atomic E-state index is -3.86. The van der Waals surface area contributed by atoms with Crippen LogP contribution in [0.4, 0.5) is 17.1 Å². The van der Waals surface area contributed by atoms with E-state index in [9.17, 15) is 21.6 Å². The van der Waals surface area contributed by atoms with Crippen LogP contribution in [0.5, 0.6) is 0 Å². The molecule has 0 aliphatic heterocycles. The highest BCUT2D eigenvalue weighted by Gasteiger charge is 2.16. The molecule has 4 aromatic rings. The second-order valence-electron chi connectivity index (χ2n) is 7.68. The number of carbonyl (C=O) groups excluding carboxylic acids is 1. The molecule has 0 fully saturated rings. The molecule has 0 aliphatic carbocycles. The molecule has 4 aromatic carbocycles. The van der Waals surface area contributed by atoms with Gasteiger partial charge in [-0.25, -0.2) is 16.8 Å². The Morgan fingerprint density at radius 1 is 0.771 bits per heavy atom. The Hall–Kier alpha value is -3.60. The smallest absolute Gasteiger partial charge is 0.261 e. The third-order valence-electron chi connectivity index (χ3n) is 4.98. The summed E-state index contributed by atoms with van der Waals surface area (Å²) in [7, 11) is -7.38. The van der Waals surface area contributed by atoms with Gasteiger partial charge < -0.3 is 5.32 Å². The van der Waals surface area contributed by atoms with E-state index in [4.69, 9.17) is 11.6 Å². The number of nitrogens with one attached hydrogen (secondary N) is 3. The highest BCUT2D eigenvalue weighted by molar-refractivity contribution is 7.92. The summed E-state index contributed by atoms with van der Waals surface area (Å²) in [4.78, 5) is 12.6. The zero-order valence-corrected chi connectivity index (χ0v) is 20.7. The van der Waals surface area contributed by atoms with Crippen molar-refractivity contribution in [3.8, 4) is 0 Å². The minimum Gasteiger partial charge on any atom is -0.322 e. The van der Waals surface area contributed by atoms with Crippen molar-refractivity contribution in [3.05, 3.63) is 95.5 Å². The Labute approximate surface area is 208 Å². The molecule has 3 N–H and O–H groups in total. The van der Waals surface area contributed by atoms with Gasteiger partial charge in [-0.15, -0.1) is 0 Å². The molecule has 0 saturated heterocycles. The average molecular weight is 530 g/mol. The van der Waals surface area contributed by atoms with E-state index < -0.39 is 26.0 Å². The first-order valence-electron chi connectivity index (χ1n) is 10.2. The van der Waals surface area contributed by atoms with Crippen molar-refractivity contribution >= 4 is 65.4 Å². The van der Waals surface area contributed by atoms with Crippen LogP contribution < -0.4 is 14.8 Å². The second kappa shape index (κ2) is 9.57. The number of sulfonamides is 2. The summed E-state index contributed by atoms with van der Waals surface area (Å²) in [5, 5.41) is 4.40. The van der Waals surface area contributed by atoms with Gasteiger partial charge in [0.2, 0.25) is 10.0 Å². The first kappa shape index (κ1) is 24.5. The summed E-state index contributed by atoms with van der Waals surface area (Å²) in [6.07, 6.45) is 0.991. The molecule has 0 atom stereocenters. The Morgan fingerprint density at radius 2 is 1.46 bits per heavy atom. The number of rotatable bonds is 7. The van der Waals surface area contributed by atoms with Crippen LogP contribution in [-0.2, 0) is 20.0 Å². The Kier molecular flexibility index (Phi) is 6.70. The summed E-state index contributed by atoms with van der Waals surface area (Å²) >= 11 is 6.08. The predicted molar refractivity (Wildman–Crippen MR) is 139 cm³/mol. The summed E-state index contributed by atoms with van der Waals surface area (Å²) < 4.78 is 53.4. The van der Waals surface area contributed by atoms with Gasteiger partial charge in [-0.1, -0.05) is 48.0 Å². The highest BCUT2D eigenvalue weighted by atomic mass is 35.5. The number of hydrogen-bond acceptors (Lipinski definition) is 5. The van der Waals surface area contributed by atoms with Crippen molar-refractivity contribution < 1.29 is 21.6 Å². The minimum absolute atomic E-state index is 0.0303. The third-order valence-corrected chi connectivity index (χ3v) is 7.27. The molecule has 180 valence electrons. The Balaban J connectivity index is 1.48. The zero-order chi connectivity index (χ0) is 25.2. The predicted octanol–water partition coefficient (Wildman–Crippen LogP) is 4.92. The number of benzene rings is 4. The van der Waals surface area contributed by atoms with Crippen LogP contribution in [0, 0.1) is 0 Å². The number of fused-ring (bicyclic) bond motifs is 1. The van der Waals surface area contributed by atoms with Crippen LogP contribution in [0.2, 0.25) is 5.02 Å². The van der Waals surface area contributed by atoms with Crippen molar-refractivity contribution in [1.82, 2.24) is 0 Å². The third kappa shape index (κ3) is 5.91. The molecule has 0 aliphatic rings. The Morgan fingerprint density at radius 3 is 2.14 bits per heavy atom. The monoisotopic (exact) mass is 529 g/mol. The maximum absolute atomic E-state index is 12.9. The van der Waals surface area contributed by atoms with Crippen molar-refractivity contribution in [3.63, 3.8) is 0 Å². The van der Waals surface area contributed by atoms with Crippen LogP contribution in [0.25, 0.3) is 10.8 Å². The molecule has 4 rings (SSSR count). The standard InChI is InChI=1S/C24H20ClN3O5S2/c1-34(30,31)27-23-14-9-17(15-21(23)25)24(29)26-18-10-12-19(13-11-18)35(32,33)28-22-8-4-6-16-5-2-3-7-20(16)22/h2-15,27-28H,1H3,(H,26,29). The van der Waals surface area contributed by atoms with Crippen molar-refractivity contribution in [1.29, 1.82) is 0 Å². The Bertz CT molecular complexity index is 1630. The number of anilines is 3. The van der Waals surface area contributed by atoms with Crippen LogP contribution in [0.15, 0.2) is 89.8 Å². The fraction of sp³-hybridized carbons (Fsp3) is 0.0417. The van der Waals surface area contributed by atoms with Crippen molar-refractivity contribution in [2.75, 3.05) is 21.0 Å².